The number of phenols is 1. The van der Waals surface area contributed by atoms with Crippen LogP contribution in [-0.2, 0) is 0 Å². The van der Waals surface area contributed by atoms with Crippen LogP contribution in [0.25, 0.3) is 22.0 Å². The number of nitrogens with zero attached hydrogens (tertiary/aromatic N) is 2. The molecule has 2 aromatic heterocycles. The highest BCUT2D eigenvalue weighted by Gasteiger charge is 2.04. The number of aromatic nitrogens is 2. The highest BCUT2D eigenvalue weighted by atomic mass is 16.3. The summed E-state index contributed by atoms with van der Waals surface area (Å²) in [5, 5.41) is 10.8. The Bertz CT molecular complexity index is 680. The van der Waals surface area contributed by atoms with Crippen molar-refractivity contribution in [2.24, 2.45) is 0 Å². The summed E-state index contributed by atoms with van der Waals surface area (Å²) in [5.74, 6) is 0.262. The van der Waals surface area contributed by atoms with Crippen LogP contribution in [0.15, 0.2) is 55.0 Å². The molecule has 3 aromatic rings. The molecule has 0 radical (unpaired) electrons. The van der Waals surface area contributed by atoms with Gasteiger partial charge in [0.1, 0.15) is 5.75 Å². The van der Waals surface area contributed by atoms with Crippen molar-refractivity contribution in [3.05, 3.63) is 55.0 Å². The SMILES string of the molecule is Oc1ccccc1-c1cnc2ccncc2c1. The first kappa shape index (κ1) is 9.78. The first-order valence-electron chi connectivity index (χ1n) is 5.33. The molecule has 0 fully saturated rings. The zero-order valence-electron chi connectivity index (χ0n) is 9.04. The molecule has 0 aliphatic rings. The van der Waals surface area contributed by atoms with Crippen LogP contribution in [0.2, 0.25) is 0 Å². The molecular formula is C14H10N2O. The number of hydrogen-bond acceptors (Lipinski definition) is 3. The summed E-state index contributed by atoms with van der Waals surface area (Å²) < 4.78 is 0. The first-order chi connectivity index (χ1) is 8.34. The molecule has 1 N–H and O–H groups in total. The van der Waals surface area contributed by atoms with Gasteiger partial charge in [-0.3, -0.25) is 9.97 Å². The van der Waals surface area contributed by atoms with Crippen LogP contribution in [-0.4, -0.2) is 15.1 Å². The minimum Gasteiger partial charge on any atom is -0.507 e. The second-order valence-corrected chi connectivity index (χ2v) is 3.81. The van der Waals surface area contributed by atoms with Crippen LogP contribution < -0.4 is 0 Å². The number of pyridine rings is 2. The van der Waals surface area contributed by atoms with E-state index in [2.05, 4.69) is 9.97 Å². The van der Waals surface area contributed by atoms with Gasteiger partial charge in [-0.15, -0.1) is 0 Å². The van der Waals surface area contributed by atoms with E-state index in [-0.39, 0.29) is 5.75 Å². The van der Waals surface area contributed by atoms with Crippen LogP contribution in [0.4, 0.5) is 0 Å². The van der Waals surface area contributed by atoms with Crippen molar-refractivity contribution < 1.29 is 5.11 Å². The minimum atomic E-state index is 0.262. The van der Waals surface area contributed by atoms with Gasteiger partial charge in [-0.1, -0.05) is 18.2 Å². The van der Waals surface area contributed by atoms with E-state index in [4.69, 9.17) is 0 Å². The summed E-state index contributed by atoms with van der Waals surface area (Å²) in [6.07, 6.45) is 5.25. The Labute approximate surface area is 98.4 Å². The number of rotatable bonds is 1. The van der Waals surface area contributed by atoms with E-state index in [1.54, 1.807) is 30.7 Å². The van der Waals surface area contributed by atoms with E-state index in [0.717, 1.165) is 22.0 Å². The Balaban J connectivity index is 2.22. The predicted octanol–water partition coefficient (Wildman–Crippen LogP) is 3.00. The van der Waals surface area contributed by atoms with E-state index in [0.29, 0.717) is 0 Å². The van der Waals surface area contributed by atoms with Gasteiger partial charge in [0.05, 0.1) is 5.52 Å². The summed E-state index contributed by atoms with van der Waals surface area (Å²) in [6, 6.07) is 11.1. The number of phenolic OH excluding ortho intramolecular Hbond substituents is 1. The van der Waals surface area contributed by atoms with Crippen LogP contribution in [0.3, 0.4) is 0 Å². The average molecular weight is 222 g/mol. The smallest absolute Gasteiger partial charge is 0.123 e. The molecule has 82 valence electrons. The third-order valence-corrected chi connectivity index (χ3v) is 2.70. The summed E-state index contributed by atoms with van der Waals surface area (Å²) in [5.41, 5.74) is 2.58. The molecule has 0 saturated heterocycles. The molecule has 3 heteroatoms. The number of fused-ring (bicyclic) bond motifs is 1. The zero-order chi connectivity index (χ0) is 11.7. The molecule has 0 aliphatic carbocycles. The maximum absolute atomic E-state index is 9.79. The molecule has 17 heavy (non-hydrogen) atoms. The van der Waals surface area contributed by atoms with Crippen LogP contribution in [0.5, 0.6) is 5.75 Å². The molecule has 0 bridgehead atoms. The van der Waals surface area contributed by atoms with Crippen molar-refractivity contribution in [2.75, 3.05) is 0 Å². The van der Waals surface area contributed by atoms with Crippen LogP contribution in [0, 0.1) is 0 Å². The predicted molar refractivity (Wildman–Crippen MR) is 66.6 cm³/mol. The van der Waals surface area contributed by atoms with E-state index < -0.39 is 0 Å². The summed E-state index contributed by atoms with van der Waals surface area (Å²) >= 11 is 0. The Morgan fingerprint density at radius 1 is 1.00 bits per heavy atom. The van der Waals surface area contributed by atoms with Gasteiger partial charge < -0.3 is 5.11 Å². The second-order valence-electron chi connectivity index (χ2n) is 3.81. The maximum Gasteiger partial charge on any atom is 0.123 e. The van der Waals surface area contributed by atoms with Crippen LogP contribution in [0.1, 0.15) is 0 Å². The fourth-order valence-electron chi connectivity index (χ4n) is 1.84. The topological polar surface area (TPSA) is 46.0 Å². The monoisotopic (exact) mass is 222 g/mol. The highest BCUT2D eigenvalue weighted by Crippen LogP contribution is 2.29. The highest BCUT2D eigenvalue weighted by molar-refractivity contribution is 5.83. The number of hydrogen-bond donors (Lipinski definition) is 1. The number of benzene rings is 1. The summed E-state index contributed by atoms with van der Waals surface area (Å²) in [7, 11) is 0. The molecule has 2 heterocycles. The average Bonchev–Trinajstić information content (AvgIpc) is 2.39. The van der Waals surface area contributed by atoms with Gasteiger partial charge >= 0.3 is 0 Å². The van der Waals surface area contributed by atoms with Gasteiger partial charge in [0.2, 0.25) is 0 Å². The maximum atomic E-state index is 9.79. The zero-order valence-corrected chi connectivity index (χ0v) is 9.04. The normalized spacial score (nSPS) is 10.6. The molecule has 0 spiro atoms. The van der Waals surface area contributed by atoms with Gasteiger partial charge in [0.25, 0.3) is 0 Å². The molecular weight excluding hydrogens is 212 g/mol. The first-order valence-corrected chi connectivity index (χ1v) is 5.33. The molecule has 0 aliphatic heterocycles. The molecule has 0 amide bonds. The molecule has 3 rings (SSSR count). The molecule has 0 unspecified atom stereocenters. The van der Waals surface area contributed by atoms with E-state index in [9.17, 15) is 5.11 Å². The number of para-hydroxylation sites is 1. The summed E-state index contributed by atoms with van der Waals surface area (Å²) in [4.78, 5) is 8.42. The lowest BCUT2D eigenvalue weighted by Crippen LogP contribution is -1.84. The van der Waals surface area contributed by atoms with E-state index >= 15 is 0 Å². The van der Waals surface area contributed by atoms with Crippen molar-refractivity contribution in [1.82, 2.24) is 9.97 Å². The third kappa shape index (κ3) is 1.72. The van der Waals surface area contributed by atoms with Crippen molar-refractivity contribution in [2.45, 2.75) is 0 Å². The molecule has 0 atom stereocenters. The lowest BCUT2D eigenvalue weighted by Gasteiger charge is -2.05. The fourth-order valence-corrected chi connectivity index (χ4v) is 1.84. The Morgan fingerprint density at radius 2 is 1.88 bits per heavy atom. The lowest BCUT2D eigenvalue weighted by molar-refractivity contribution is 0.477. The van der Waals surface area contributed by atoms with E-state index in [1.807, 2.05) is 24.3 Å². The van der Waals surface area contributed by atoms with Crippen molar-refractivity contribution in [3.63, 3.8) is 0 Å². The Hall–Kier alpha value is -2.42. The van der Waals surface area contributed by atoms with Gasteiger partial charge in [-0.25, -0.2) is 0 Å². The van der Waals surface area contributed by atoms with Crippen molar-refractivity contribution in [3.8, 4) is 16.9 Å². The van der Waals surface area contributed by atoms with E-state index in [1.165, 1.54) is 0 Å². The van der Waals surface area contributed by atoms with Gasteiger partial charge in [-0.2, -0.15) is 0 Å². The fraction of sp³-hybridized carbons (Fsp3) is 0. The van der Waals surface area contributed by atoms with Gasteiger partial charge in [-0.05, 0) is 18.2 Å². The molecule has 3 nitrogen and oxygen atoms in total. The van der Waals surface area contributed by atoms with Crippen LogP contribution >= 0.6 is 0 Å². The minimum absolute atomic E-state index is 0.262. The van der Waals surface area contributed by atoms with Crippen molar-refractivity contribution in [1.29, 1.82) is 0 Å². The molecule has 0 saturated carbocycles. The molecule has 1 aromatic carbocycles. The standard InChI is InChI=1S/C14H10N2O/c17-14-4-2-1-3-12(14)10-7-11-8-15-6-5-13(11)16-9-10/h1-9,17H. The van der Waals surface area contributed by atoms with Gasteiger partial charge in [0.15, 0.2) is 0 Å². The van der Waals surface area contributed by atoms with Gasteiger partial charge in [0, 0.05) is 35.1 Å². The third-order valence-electron chi connectivity index (χ3n) is 2.70. The lowest BCUT2D eigenvalue weighted by atomic mass is 10.1. The Kier molecular flexibility index (Phi) is 2.22. The summed E-state index contributed by atoms with van der Waals surface area (Å²) in [6.45, 7) is 0. The van der Waals surface area contributed by atoms with Crippen molar-refractivity contribution >= 4 is 10.9 Å². The second kappa shape index (κ2) is 3.87. The number of aromatic hydroxyl groups is 1. The largest absolute Gasteiger partial charge is 0.507 e. The Morgan fingerprint density at radius 3 is 2.76 bits per heavy atom. The quantitative estimate of drug-likeness (QED) is 0.688.